The molecule has 0 aromatic carbocycles. The van der Waals surface area contributed by atoms with Crippen LogP contribution >= 0.6 is 11.8 Å². The van der Waals surface area contributed by atoms with E-state index in [1.165, 1.54) is 11.8 Å². The van der Waals surface area contributed by atoms with Crippen molar-refractivity contribution in [1.82, 2.24) is 9.97 Å². The molecule has 0 fully saturated rings. The third kappa shape index (κ3) is 4.24. The molecule has 16 heavy (non-hydrogen) atoms. The molecular formula is C10H18N4OS. The van der Waals surface area contributed by atoms with Crippen molar-refractivity contribution in [2.45, 2.75) is 25.1 Å². The van der Waals surface area contributed by atoms with Crippen molar-refractivity contribution in [2.75, 3.05) is 30.5 Å². The van der Waals surface area contributed by atoms with Gasteiger partial charge in [0, 0.05) is 19.2 Å². The van der Waals surface area contributed by atoms with Crippen LogP contribution in [0.3, 0.4) is 0 Å². The van der Waals surface area contributed by atoms with Gasteiger partial charge in [-0.05, 0) is 20.1 Å². The number of anilines is 2. The average molecular weight is 242 g/mol. The first-order valence-corrected chi connectivity index (χ1v) is 6.42. The van der Waals surface area contributed by atoms with Gasteiger partial charge in [-0.15, -0.1) is 0 Å². The van der Waals surface area contributed by atoms with Crippen molar-refractivity contribution < 1.29 is 4.74 Å². The third-order valence-corrected chi connectivity index (χ3v) is 2.48. The molecule has 0 saturated heterocycles. The fourth-order valence-electron chi connectivity index (χ4n) is 1.22. The van der Waals surface area contributed by atoms with Crippen LogP contribution in [-0.2, 0) is 4.74 Å². The molecule has 6 heteroatoms. The third-order valence-electron chi connectivity index (χ3n) is 1.93. The molecule has 0 aliphatic heterocycles. The summed E-state index contributed by atoms with van der Waals surface area (Å²) in [6, 6.07) is 1.72. The zero-order valence-electron chi connectivity index (χ0n) is 9.86. The summed E-state index contributed by atoms with van der Waals surface area (Å²) in [6.07, 6.45) is 2.07. The zero-order chi connectivity index (χ0) is 12.0. The van der Waals surface area contributed by atoms with Gasteiger partial charge < -0.3 is 15.8 Å². The molecule has 0 saturated carbocycles. The Bertz CT molecular complexity index is 335. The number of thioether (sulfide) groups is 1. The van der Waals surface area contributed by atoms with Crippen LogP contribution in [0.2, 0.25) is 0 Å². The molecule has 5 nitrogen and oxygen atoms in total. The number of rotatable bonds is 6. The molecular weight excluding hydrogens is 224 g/mol. The van der Waals surface area contributed by atoms with Crippen molar-refractivity contribution in [2.24, 2.45) is 0 Å². The molecule has 0 amide bonds. The lowest BCUT2D eigenvalue weighted by Crippen LogP contribution is -2.20. The Balaban J connectivity index is 2.56. The van der Waals surface area contributed by atoms with Crippen molar-refractivity contribution in [3.63, 3.8) is 0 Å². The SMILES string of the molecule is CCOC(C)CNc1cc(N)nc(SC)n1. The van der Waals surface area contributed by atoms with Crippen LogP contribution in [0.1, 0.15) is 13.8 Å². The number of nitrogen functional groups attached to an aromatic ring is 1. The van der Waals surface area contributed by atoms with Gasteiger partial charge in [0.15, 0.2) is 5.16 Å². The number of ether oxygens (including phenoxy) is 1. The number of aromatic nitrogens is 2. The molecule has 1 aromatic heterocycles. The van der Waals surface area contributed by atoms with Crippen molar-refractivity contribution in [3.05, 3.63) is 6.07 Å². The molecule has 1 aromatic rings. The Hall–Kier alpha value is -1.01. The number of nitrogens with one attached hydrogen (secondary N) is 1. The first kappa shape index (κ1) is 13.1. The maximum atomic E-state index is 5.66. The first-order chi connectivity index (χ1) is 7.65. The maximum absolute atomic E-state index is 5.66. The van der Waals surface area contributed by atoms with Gasteiger partial charge in [0.1, 0.15) is 11.6 Å². The molecule has 1 rings (SSSR count). The van der Waals surface area contributed by atoms with E-state index in [2.05, 4.69) is 15.3 Å². The Morgan fingerprint density at radius 1 is 1.56 bits per heavy atom. The van der Waals surface area contributed by atoms with Gasteiger partial charge in [-0.3, -0.25) is 0 Å². The van der Waals surface area contributed by atoms with Gasteiger partial charge >= 0.3 is 0 Å². The Morgan fingerprint density at radius 2 is 2.31 bits per heavy atom. The van der Waals surface area contributed by atoms with E-state index < -0.39 is 0 Å². The van der Waals surface area contributed by atoms with Crippen LogP contribution in [0.4, 0.5) is 11.6 Å². The summed E-state index contributed by atoms with van der Waals surface area (Å²) < 4.78 is 5.41. The average Bonchev–Trinajstić information content (AvgIpc) is 2.26. The summed E-state index contributed by atoms with van der Waals surface area (Å²) in [6.45, 7) is 5.41. The molecule has 0 radical (unpaired) electrons. The minimum absolute atomic E-state index is 0.152. The molecule has 90 valence electrons. The quantitative estimate of drug-likeness (QED) is 0.583. The summed E-state index contributed by atoms with van der Waals surface area (Å²) in [5.41, 5.74) is 5.66. The molecule has 0 bridgehead atoms. The molecule has 0 aliphatic rings. The largest absolute Gasteiger partial charge is 0.383 e. The second-order valence-electron chi connectivity index (χ2n) is 3.31. The predicted molar refractivity (Wildman–Crippen MR) is 67.8 cm³/mol. The topological polar surface area (TPSA) is 73.1 Å². The maximum Gasteiger partial charge on any atom is 0.191 e. The summed E-state index contributed by atoms with van der Waals surface area (Å²) in [5, 5.41) is 3.85. The zero-order valence-corrected chi connectivity index (χ0v) is 10.7. The van der Waals surface area contributed by atoms with Crippen LogP contribution < -0.4 is 11.1 Å². The molecule has 1 atom stereocenters. The lowest BCUT2D eigenvalue weighted by atomic mass is 10.4. The highest BCUT2D eigenvalue weighted by molar-refractivity contribution is 7.98. The minimum Gasteiger partial charge on any atom is -0.383 e. The lowest BCUT2D eigenvalue weighted by Gasteiger charge is -2.13. The van der Waals surface area contributed by atoms with E-state index >= 15 is 0 Å². The van der Waals surface area contributed by atoms with Crippen LogP contribution in [0.15, 0.2) is 11.2 Å². The highest BCUT2D eigenvalue weighted by Crippen LogP contribution is 2.15. The first-order valence-electron chi connectivity index (χ1n) is 5.19. The van der Waals surface area contributed by atoms with E-state index in [0.717, 1.165) is 5.82 Å². The van der Waals surface area contributed by atoms with Gasteiger partial charge in [0.25, 0.3) is 0 Å². The number of hydrogen-bond acceptors (Lipinski definition) is 6. The van der Waals surface area contributed by atoms with E-state index in [1.54, 1.807) is 6.07 Å². The Labute approximate surface area is 100 Å². The van der Waals surface area contributed by atoms with E-state index in [9.17, 15) is 0 Å². The Kier molecular flexibility index (Phi) is 5.34. The highest BCUT2D eigenvalue weighted by Gasteiger charge is 2.04. The number of nitrogens with zero attached hydrogens (tertiary/aromatic N) is 2. The molecule has 1 unspecified atom stereocenters. The van der Waals surface area contributed by atoms with E-state index in [4.69, 9.17) is 10.5 Å². The van der Waals surface area contributed by atoms with E-state index in [0.29, 0.717) is 24.1 Å². The molecule has 1 heterocycles. The van der Waals surface area contributed by atoms with Gasteiger partial charge in [0.2, 0.25) is 0 Å². The lowest BCUT2D eigenvalue weighted by molar-refractivity contribution is 0.0855. The monoisotopic (exact) mass is 242 g/mol. The highest BCUT2D eigenvalue weighted by atomic mass is 32.2. The van der Waals surface area contributed by atoms with Gasteiger partial charge in [-0.25, -0.2) is 9.97 Å². The fraction of sp³-hybridized carbons (Fsp3) is 0.600. The van der Waals surface area contributed by atoms with Crippen molar-refractivity contribution in [3.8, 4) is 0 Å². The van der Waals surface area contributed by atoms with Crippen LogP contribution in [0.25, 0.3) is 0 Å². The second-order valence-corrected chi connectivity index (χ2v) is 4.09. The van der Waals surface area contributed by atoms with Gasteiger partial charge in [-0.1, -0.05) is 11.8 Å². The summed E-state index contributed by atoms with van der Waals surface area (Å²) in [7, 11) is 0. The fourth-order valence-corrected chi connectivity index (χ4v) is 1.60. The van der Waals surface area contributed by atoms with Gasteiger partial charge in [0.05, 0.1) is 6.10 Å². The summed E-state index contributed by atoms with van der Waals surface area (Å²) in [4.78, 5) is 8.36. The summed E-state index contributed by atoms with van der Waals surface area (Å²) >= 11 is 1.47. The normalized spacial score (nSPS) is 12.4. The van der Waals surface area contributed by atoms with Crippen molar-refractivity contribution >= 4 is 23.4 Å². The number of nitrogens with two attached hydrogens (primary N) is 1. The van der Waals surface area contributed by atoms with Crippen molar-refractivity contribution in [1.29, 1.82) is 0 Å². The number of hydrogen-bond donors (Lipinski definition) is 2. The molecule has 0 aliphatic carbocycles. The Morgan fingerprint density at radius 3 is 2.94 bits per heavy atom. The van der Waals surface area contributed by atoms with E-state index in [-0.39, 0.29) is 6.10 Å². The molecule has 3 N–H and O–H groups in total. The minimum atomic E-state index is 0.152. The summed E-state index contributed by atoms with van der Waals surface area (Å²) in [5.74, 6) is 1.22. The predicted octanol–water partition coefficient (Wildman–Crippen LogP) is 1.62. The second kappa shape index (κ2) is 6.55. The van der Waals surface area contributed by atoms with Gasteiger partial charge in [-0.2, -0.15) is 0 Å². The van der Waals surface area contributed by atoms with Crippen LogP contribution in [-0.4, -0.2) is 35.5 Å². The smallest absolute Gasteiger partial charge is 0.191 e. The van der Waals surface area contributed by atoms with Crippen LogP contribution in [0, 0.1) is 0 Å². The van der Waals surface area contributed by atoms with Crippen LogP contribution in [0.5, 0.6) is 0 Å². The standard InChI is InChI=1S/C10H18N4OS/c1-4-15-7(2)6-12-9-5-8(11)13-10(14-9)16-3/h5,7H,4,6H2,1-3H3,(H3,11,12,13,14). The van der Waals surface area contributed by atoms with E-state index in [1.807, 2.05) is 20.1 Å². The molecule has 0 spiro atoms.